The average molecular weight is 347 g/mol. The largest absolute Gasteiger partial charge is 0.491 e. The summed E-state index contributed by atoms with van der Waals surface area (Å²) in [6.45, 7) is 6.36. The molecule has 0 bridgehead atoms. The van der Waals surface area contributed by atoms with Gasteiger partial charge in [0, 0.05) is 12.3 Å². The van der Waals surface area contributed by atoms with Crippen molar-refractivity contribution in [1.82, 2.24) is 0 Å². The third-order valence-corrected chi connectivity index (χ3v) is 5.19. The normalized spacial score (nSPS) is 21.6. The Hall–Kier alpha value is -1.51. The number of benzene rings is 1. The number of carbonyl (C=O) groups is 1. The van der Waals surface area contributed by atoms with Gasteiger partial charge in [0.2, 0.25) is 0 Å². The van der Waals surface area contributed by atoms with E-state index in [0.29, 0.717) is 12.3 Å². The first kappa shape index (κ1) is 19.8. The number of ether oxygens (including phenoxy) is 2. The van der Waals surface area contributed by atoms with Crippen molar-refractivity contribution in [1.29, 1.82) is 0 Å². The number of carbonyl (C=O) groups excluding carboxylic acids is 1. The summed E-state index contributed by atoms with van der Waals surface area (Å²) in [5, 5.41) is 0. The second-order valence-electron chi connectivity index (χ2n) is 7.28. The summed E-state index contributed by atoms with van der Waals surface area (Å²) >= 11 is 0. The van der Waals surface area contributed by atoms with Crippen LogP contribution < -0.4 is 4.74 Å². The number of unbranched alkanes of at least 4 members (excludes halogenated alkanes) is 2. The van der Waals surface area contributed by atoms with Gasteiger partial charge in [-0.05, 0) is 56.7 Å². The molecule has 3 nitrogen and oxygen atoms in total. The highest BCUT2D eigenvalue weighted by atomic mass is 16.5. The lowest BCUT2D eigenvalue weighted by atomic mass is 9.81. The van der Waals surface area contributed by atoms with E-state index < -0.39 is 0 Å². The van der Waals surface area contributed by atoms with Gasteiger partial charge in [0.25, 0.3) is 0 Å². The number of hydrogen-bond donors (Lipinski definition) is 0. The first-order valence-electron chi connectivity index (χ1n) is 10.1. The van der Waals surface area contributed by atoms with Crippen LogP contribution >= 0.6 is 0 Å². The van der Waals surface area contributed by atoms with Gasteiger partial charge in [-0.2, -0.15) is 0 Å². The highest BCUT2D eigenvalue weighted by Gasteiger charge is 2.29. The van der Waals surface area contributed by atoms with Crippen LogP contribution in [0.3, 0.4) is 0 Å². The van der Waals surface area contributed by atoms with Gasteiger partial charge in [-0.15, -0.1) is 0 Å². The van der Waals surface area contributed by atoms with E-state index >= 15 is 0 Å². The van der Waals surface area contributed by atoms with Crippen LogP contribution in [0, 0.1) is 0 Å². The van der Waals surface area contributed by atoms with Gasteiger partial charge in [-0.25, -0.2) is 0 Å². The van der Waals surface area contributed by atoms with E-state index in [1.54, 1.807) is 0 Å². The molecule has 1 aliphatic rings. The van der Waals surface area contributed by atoms with Gasteiger partial charge in [-0.3, -0.25) is 4.79 Å². The lowest BCUT2D eigenvalue weighted by Crippen LogP contribution is -2.28. The smallest absolute Gasteiger partial charge is 0.306 e. The molecule has 25 heavy (non-hydrogen) atoms. The first-order valence-corrected chi connectivity index (χ1v) is 10.1. The zero-order valence-electron chi connectivity index (χ0n) is 16.1. The maximum absolute atomic E-state index is 12.1. The monoisotopic (exact) mass is 346 g/mol. The second-order valence-corrected chi connectivity index (χ2v) is 7.28. The maximum atomic E-state index is 12.1. The standard InChI is InChI=1S/C22H34O3/c1-4-6-7-12-22(23)25-21-11-9-8-10-20(21)18-13-15-19(16-14-18)24-17(3)5-2/h13-17,20-21H,4-12H2,1-3H3/t17?,20-,21+/m1/s1. The van der Waals surface area contributed by atoms with Crippen molar-refractivity contribution in [3.05, 3.63) is 29.8 Å². The molecule has 1 saturated carbocycles. The molecule has 0 aliphatic heterocycles. The molecule has 1 aliphatic carbocycles. The van der Waals surface area contributed by atoms with Crippen molar-refractivity contribution in [3.63, 3.8) is 0 Å². The fourth-order valence-electron chi connectivity index (χ4n) is 3.48. The molecule has 2 rings (SSSR count). The second kappa shape index (κ2) is 10.5. The molecular formula is C22H34O3. The lowest BCUT2D eigenvalue weighted by Gasteiger charge is -2.31. The molecule has 0 aromatic heterocycles. The van der Waals surface area contributed by atoms with E-state index in [1.807, 2.05) is 0 Å². The molecule has 1 aromatic rings. The van der Waals surface area contributed by atoms with E-state index in [0.717, 1.165) is 50.7 Å². The number of esters is 1. The zero-order chi connectivity index (χ0) is 18.1. The van der Waals surface area contributed by atoms with Crippen LogP contribution in [0.5, 0.6) is 5.75 Å². The Kier molecular flexibility index (Phi) is 8.30. The van der Waals surface area contributed by atoms with E-state index in [1.165, 1.54) is 12.0 Å². The van der Waals surface area contributed by atoms with E-state index in [-0.39, 0.29) is 18.2 Å². The van der Waals surface area contributed by atoms with Crippen molar-refractivity contribution in [2.24, 2.45) is 0 Å². The molecule has 0 amide bonds. The molecule has 0 spiro atoms. The predicted octanol–water partition coefficient (Wildman–Crippen LogP) is 6.01. The molecule has 0 heterocycles. The van der Waals surface area contributed by atoms with Gasteiger partial charge in [0.1, 0.15) is 11.9 Å². The molecule has 0 N–H and O–H groups in total. The van der Waals surface area contributed by atoms with Crippen LogP contribution in [0.25, 0.3) is 0 Å². The minimum absolute atomic E-state index is 0.0259. The topological polar surface area (TPSA) is 35.5 Å². The first-order chi connectivity index (χ1) is 12.1. The maximum Gasteiger partial charge on any atom is 0.306 e. The van der Waals surface area contributed by atoms with Crippen LogP contribution in [0.15, 0.2) is 24.3 Å². The van der Waals surface area contributed by atoms with Crippen molar-refractivity contribution in [2.75, 3.05) is 0 Å². The van der Waals surface area contributed by atoms with E-state index in [4.69, 9.17) is 9.47 Å². The van der Waals surface area contributed by atoms with Crippen LogP contribution in [-0.4, -0.2) is 18.2 Å². The van der Waals surface area contributed by atoms with Crippen LogP contribution in [0.4, 0.5) is 0 Å². The lowest BCUT2D eigenvalue weighted by molar-refractivity contribution is -0.151. The summed E-state index contributed by atoms with van der Waals surface area (Å²) in [7, 11) is 0. The summed E-state index contributed by atoms with van der Waals surface area (Å²) in [5.41, 5.74) is 1.27. The molecule has 1 unspecified atom stereocenters. The van der Waals surface area contributed by atoms with Crippen LogP contribution in [0.1, 0.15) is 90.0 Å². The Bertz CT molecular complexity index is 509. The molecule has 3 atom stereocenters. The van der Waals surface area contributed by atoms with Crippen molar-refractivity contribution in [2.45, 2.75) is 96.7 Å². The van der Waals surface area contributed by atoms with Crippen molar-refractivity contribution >= 4 is 5.97 Å². The molecule has 3 heteroatoms. The Morgan fingerprint density at radius 1 is 1.12 bits per heavy atom. The number of hydrogen-bond acceptors (Lipinski definition) is 3. The highest BCUT2D eigenvalue weighted by molar-refractivity contribution is 5.69. The van der Waals surface area contributed by atoms with Crippen molar-refractivity contribution < 1.29 is 14.3 Å². The van der Waals surface area contributed by atoms with Gasteiger partial charge in [0.05, 0.1) is 6.10 Å². The molecule has 0 radical (unpaired) electrons. The molecular weight excluding hydrogens is 312 g/mol. The third kappa shape index (κ3) is 6.37. The van der Waals surface area contributed by atoms with E-state index in [2.05, 4.69) is 45.0 Å². The van der Waals surface area contributed by atoms with Crippen molar-refractivity contribution in [3.8, 4) is 5.75 Å². The summed E-state index contributed by atoms with van der Waals surface area (Å²) < 4.78 is 11.7. The zero-order valence-corrected chi connectivity index (χ0v) is 16.1. The SMILES string of the molecule is CCCCCC(=O)O[C@H]1CCCC[C@@H]1c1ccc(OC(C)CC)cc1. The molecule has 1 fully saturated rings. The van der Waals surface area contributed by atoms with Gasteiger partial charge in [0.15, 0.2) is 0 Å². The highest BCUT2D eigenvalue weighted by Crippen LogP contribution is 2.36. The predicted molar refractivity (Wildman–Crippen MR) is 102 cm³/mol. The summed E-state index contributed by atoms with van der Waals surface area (Å²) in [6.07, 6.45) is 9.42. The van der Waals surface area contributed by atoms with Gasteiger partial charge < -0.3 is 9.47 Å². The molecule has 140 valence electrons. The van der Waals surface area contributed by atoms with Crippen LogP contribution in [-0.2, 0) is 9.53 Å². The van der Waals surface area contributed by atoms with E-state index in [9.17, 15) is 4.79 Å². The molecule has 1 aromatic carbocycles. The molecule has 0 saturated heterocycles. The third-order valence-electron chi connectivity index (χ3n) is 5.19. The Morgan fingerprint density at radius 2 is 1.84 bits per heavy atom. The van der Waals surface area contributed by atoms with Crippen LogP contribution in [0.2, 0.25) is 0 Å². The minimum atomic E-state index is -0.0259. The quantitative estimate of drug-likeness (QED) is 0.405. The summed E-state index contributed by atoms with van der Waals surface area (Å²) in [5.74, 6) is 1.21. The summed E-state index contributed by atoms with van der Waals surface area (Å²) in [4.78, 5) is 12.1. The van der Waals surface area contributed by atoms with Gasteiger partial charge in [-0.1, -0.05) is 45.2 Å². The van der Waals surface area contributed by atoms with Gasteiger partial charge >= 0.3 is 5.97 Å². The minimum Gasteiger partial charge on any atom is -0.491 e. The average Bonchev–Trinajstić information content (AvgIpc) is 2.63. The Labute approximate surface area is 153 Å². The fourth-order valence-corrected chi connectivity index (χ4v) is 3.48. The Balaban J connectivity index is 1.96. The Morgan fingerprint density at radius 3 is 2.52 bits per heavy atom. The fraction of sp³-hybridized carbons (Fsp3) is 0.682. The number of rotatable bonds is 9. The summed E-state index contributed by atoms with van der Waals surface area (Å²) in [6, 6.07) is 8.39.